The maximum absolute atomic E-state index is 12.3. The molecule has 0 aliphatic heterocycles. The van der Waals surface area contributed by atoms with E-state index in [1.807, 2.05) is 18.2 Å². The standard InChI is InChI=1S/C14H17ClO/c15-13-10-6-5-9-12(13)14(16)11-7-3-1-2-4-8-11/h5-6,9-11H,1-4,7-8H2. The van der Waals surface area contributed by atoms with Gasteiger partial charge in [0.05, 0.1) is 5.02 Å². The molecule has 0 unspecified atom stereocenters. The molecular weight excluding hydrogens is 220 g/mol. The topological polar surface area (TPSA) is 17.1 Å². The van der Waals surface area contributed by atoms with Crippen molar-refractivity contribution in [2.75, 3.05) is 0 Å². The molecular formula is C14H17ClO. The highest BCUT2D eigenvalue weighted by Crippen LogP contribution is 2.28. The van der Waals surface area contributed by atoms with Crippen LogP contribution in [0.25, 0.3) is 0 Å². The smallest absolute Gasteiger partial charge is 0.167 e. The Morgan fingerprint density at radius 3 is 2.31 bits per heavy atom. The lowest BCUT2D eigenvalue weighted by atomic mass is 9.91. The fourth-order valence-electron chi connectivity index (χ4n) is 2.42. The first-order valence-electron chi connectivity index (χ1n) is 6.08. The van der Waals surface area contributed by atoms with Crippen LogP contribution in [0, 0.1) is 5.92 Å². The molecule has 1 nitrogen and oxygen atoms in total. The van der Waals surface area contributed by atoms with E-state index < -0.39 is 0 Å². The Labute approximate surface area is 102 Å². The van der Waals surface area contributed by atoms with Gasteiger partial charge < -0.3 is 0 Å². The van der Waals surface area contributed by atoms with Gasteiger partial charge in [-0.15, -0.1) is 0 Å². The maximum Gasteiger partial charge on any atom is 0.167 e. The van der Waals surface area contributed by atoms with Crippen LogP contribution in [0.2, 0.25) is 5.02 Å². The van der Waals surface area contributed by atoms with Gasteiger partial charge in [-0.1, -0.05) is 49.4 Å². The number of halogens is 1. The second-order valence-electron chi connectivity index (χ2n) is 4.53. The fraction of sp³-hybridized carbons (Fsp3) is 0.500. The van der Waals surface area contributed by atoms with Crippen molar-refractivity contribution in [1.29, 1.82) is 0 Å². The van der Waals surface area contributed by atoms with E-state index in [-0.39, 0.29) is 11.7 Å². The summed E-state index contributed by atoms with van der Waals surface area (Å²) < 4.78 is 0. The largest absolute Gasteiger partial charge is 0.294 e. The second-order valence-corrected chi connectivity index (χ2v) is 4.94. The van der Waals surface area contributed by atoms with Crippen LogP contribution in [0.4, 0.5) is 0 Å². The molecule has 1 fully saturated rings. The summed E-state index contributed by atoms with van der Waals surface area (Å²) in [6.45, 7) is 0. The van der Waals surface area contributed by atoms with E-state index in [0.29, 0.717) is 10.6 Å². The van der Waals surface area contributed by atoms with E-state index in [0.717, 1.165) is 12.8 Å². The van der Waals surface area contributed by atoms with Crippen molar-refractivity contribution in [1.82, 2.24) is 0 Å². The quantitative estimate of drug-likeness (QED) is 0.546. The summed E-state index contributed by atoms with van der Waals surface area (Å²) in [6, 6.07) is 7.39. The number of carbonyl (C=O) groups excluding carboxylic acids is 1. The third-order valence-corrected chi connectivity index (χ3v) is 3.69. The van der Waals surface area contributed by atoms with Gasteiger partial charge in [-0.3, -0.25) is 4.79 Å². The highest BCUT2D eigenvalue weighted by molar-refractivity contribution is 6.34. The van der Waals surface area contributed by atoms with Crippen LogP contribution in [0.1, 0.15) is 48.9 Å². The normalized spacial score (nSPS) is 18.1. The number of Topliss-reactive ketones (excluding diaryl/α,β-unsaturated/α-hetero) is 1. The van der Waals surface area contributed by atoms with Gasteiger partial charge in [0.2, 0.25) is 0 Å². The highest BCUT2D eigenvalue weighted by atomic mass is 35.5. The zero-order valence-electron chi connectivity index (χ0n) is 9.42. The van der Waals surface area contributed by atoms with E-state index in [1.165, 1.54) is 25.7 Å². The zero-order chi connectivity index (χ0) is 11.4. The first kappa shape index (κ1) is 11.7. The predicted molar refractivity (Wildman–Crippen MR) is 67.0 cm³/mol. The minimum absolute atomic E-state index is 0.197. The first-order chi connectivity index (χ1) is 7.79. The Kier molecular flexibility index (Phi) is 4.00. The van der Waals surface area contributed by atoms with Gasteiger partial charge in [-0.2, -0.15) is 0 Å². The average molecular weight is 237 g/mol. The van der Waals surface area contributed by atoms with E-state index in [4.69, 9.17) is 11.6 Å². The third kappa shape index (κ3) is 2.65. The zero-order valence-corrected chi connectivity index (χ0v) is 10.2. The molecule has 0 aromatic heterocycles. The number of benzene rings is 1. The van der Waals surface area contributed by atoms with Crippen molar-refractivity contribution in [3.8, 4) is 0 Å². The molecule has 1 aliphatic rings. The summed E-state index contributed by atoms with van der Waals surface area (Å²) in [5.41, 5.74) is 0.705. The van der Waals surface area contributed by atoms with Crippen molar-refractivity contribution >= 4 is 17.4 Å². The summed E-state index contributed by atoms with van der Waals surface area (Å²) in [5, 5.41) is 0.594. The Bertz CT molecular complexity index is 365. The lowest BCUT2D eigenvalue weighted by Crippen LogP contribution is -2.14. The van der Waals surface area contributed by atoms with Crippen molar-refractivity contribution in [2.45, 2.75) is 38.5 Å². The van der Waals surface area contributed by atoms with Crippen molar-refractivity contribution < 1.29 is 4.79 Å². The van der Waals surface area contributed by atoms with E-state index in [1.54, 1.807) is 6.07 Å². The van der Waals surface area contributed by atoms with Crippen LogP contribution in [0.5, 0.6) is 0 Å². The van der Waals surface area contributed by atoms with Gasteiger partial charge in [-0.25, -0.2) is 0 Å². The summed E-state index contributed by atoms with van der Waals surface area (Å²) in [4.78, 5) is 12.3. The average Bonchev–Trinajstić information content (AvgIpc) is 2.57. The van der Waals surface area contributed by atoms with E-state index in [2.05, 4.69) is 0 Å². The van der Waals surface area contributed by atoms with Gasteiger partial charge in [0.15, 0.2) is 5.78 Å². The van der Waals surface area contributed by atoms with Crippen molar-refractivity contribution in [2.24, 2.45) is 5.92 Å². The van der Waals surface area contributed by atoms with Crippen LogP contribution in [-0.4, -0.2) is 5.78 Å². The van der Waals surface area contributed by atoms with Crippen molar-refractivity contribution in [3.05, 3.63) is 34.9 Å². The monoisotopic (exact) mass is 236 g/mol. The molecule has 86 valence electrons. The van der Waals surface area contributed by atoms with Gasteiger partial charge in [0, 0.05) is 11.5 Å². The molecule has 0 N–H and O–H groups in total. The molecule has 16 heavy (non-hydrogen) atoms. The molecule has 1 aromatic rings. The molecule has 0 saturated heterocycles. The second kappa shape index (κ2) is 5.49. The molecule has 2 heteroatoms. The first-order valence-corrected chi connectivity index (χ1v) is 6.45. The molecule has 0 radical (unpaired) electrons. The molecule has 0 bridgehead atoms. The number of carbonyl (C=O) groups is 1. The SMILES string of the molecule is O=C(c1ccccc1Cl)C1CCCCCC1. The molecule has 0 heterocycles. The lowest BCUT2D eigenvalue weighted by Gasteiger charge is -2.13. The third-order valence-electron chi connectivity index (χ3n) is 3.37. The highest BCUT2D eigenvalue weighted by Gasteiger charge is 2.22. The molecule has 1 aliphatic carbocycles. The molecule has 0 atom stereocenters. The van der Waals surface area contributed by atoms with Crippen LogP contribution < -0.4 is 0 Å². The molecule has 0 amide bonds. The molecule has 1 aromatic carbocycles. The maximum atomic E-state index is 12.3. The van der Waals surface area contributed by atoms with Gasteiger partial charge in [0.25, 0.3) is 0 Å². The molecule has 2 rings (SSSR count). The summed E-state index contributed by atoms with van der Waals surface area (Å²) >= 11 is 6.06. The summed E-state index contributed by atoms with van der Waals surface area (Å²) in [6.07, 6.45) is 6.97. The number of ketones is 1. The lowest BCUT2D eigenvalue weighted by molar-refractivity contribution is 0.0908. The fourth-order valence-corrected chi connectivity index (χ4v) is 2.65. The van der Waals surface area contributed by atoms with Crippen LogP contribution in [-0.2, 0) is 0 Å². The summed E-state index contributed by atoms with van der Waals surface area (Å²) in [7, 11) is 0. The van der Waals surface area contributed by atoms with Gasteiger partial charge in [-0.05, 0) is 25.0 Å². The Morgan fingerprint density at radius 1 is 1.06 bits per heavy atom. The Morgan fingerprint density at radius 2 is 1.69 bits per heavy atom. The number of hydrogen-bond donors (Lipinski definition) is 0. The molecule has 1 saturated carbocycles. The molecule has 0 spiro atoms. The van der Waals surface area contributed by atoms with Crippen LogP contribution in [0.15, 0.2) is 24.3 Å². The Hall–Kier alpha value is -0.820. The minimum Gasteiger partial charge on any atom is -0.294 e. The van der Waals surface area contributed by atoms with Crippen molar-refractivity contribution in [3.63, 3.8) is 0 Å². The van der Waals surface area contributed by atoms with Gasteiger partial charge in [0.1, 0.15) is 0 Å². The number of hydrogen-bond acceptors (Lipinski definition) is 1. The van der Waals surface area contributed by atoms with E-state index in [9.17, 15) is 4.79 Å². The Balaban J connectivity index is 2.14. The van der Waals surface area contributed by atoms with E-state index >= 15 is 0 Å². The van der Waals surface area contributed by atoms with Crippen LogP contribution >= 0.6 is 11.6 Å². The van der Waals surface area contributed by atoms with Crippen LogP contribution in [0.3, 0.4) is 0 Å². The minimum atomic E-state index is 0.197. The predicted octanol–water partition coefficient (Wildman–Crippen LogP) is 4.49. The van der Waals surface area contributed by atoms with Gasteiger partial charge >= 0.3 is 0 Å². The number of rotatable bonds is 2. The summed E-state index contributed by atoms with van der Waals surface area (Å²) in [5.74, 6) is 0.440.